The van der Waals surface area contributed by atoms with Crippen molar-refractivity contribution in [1.29, 1.82) is 0 Å². The van der Waals surface area contributed by atoms with Gasteiger partial charge >= 0.3 is 0 Å². The summed E-state index contributed by atoms with van der Waals surface area (Å²) >= 11 is 0. The lowest BCUT2D eigenvalue weighted by Crippen LogP contribution is -2.48. The average Bonchev–Trinajstić information content (AvgIpc) is 2.92. The van der Waals surface area contributed by atoms with Crippen LogP contribution < -0.4 is 5.32 Å². The number of carbonyl (C=O) groups is 1. The fourth-order valence-electron chi connectivity index (χ4n) is 4.08. The third kappa shape index (κ3) is 23.4. The average molecular weight is 534 g/mol. The minimum absolute atomic E-state index is 0.377. The van der Waals surface area contributed by atoms with E-state index in [2.05, 4.69) is 55.6 Å². The van der Waals surface area contributed by atoms with Crippen LogP contribution in [0.15, 0.2) is 48.6 Å². The number of unbranched alkanes of at least 4 members (excludes halogenated alkanes) is 12. The molecule has 0 aromatic heterocycles. The summed E-state index contributed by atoms with van der Waals surface area (Å²) in [4.78, 5) is 12.3. The molecule has 5 heteroatoms. The monoisotopic (exact) mass is 533 g/mol. The third-order valence-corrected chi connectivity index (χ3v) is 6.62. The molecule has 1 amide bonds. The molecule has 0 saturated heterocycles. The number of hydrogen-bond acceptors (Lipinski definition) is 4. The molecule has 0 aliphatic heterocycles. The van der Waals surface area contributed by atoms with E-state index in [4.69, 9.17) is 0 Å². The van der Waals surface area contributed by atoms with Crippen molar-refractivity contribution in [2.45, 2.75) is 148 Å². The van der Waals surface area contributed by atoms with Crippen molar-refractivity contribution < 1.29 is 20.1 Å². The molecule has 0 bridgehead atoms. The maximum atomic E-state index is 12.3. The number of carbonyl (C=O) groups excluding carboxylic acids is 1. The summed E-state index contributed by atoms with van der Waals surface area (Å²) in [5, 5.41) is 32.7. The first-order chi connectivity index (χ1) is 18.6. The summed E-state index contributed by atoms with van der Waals surface area (Å²) in [6.45, 7) is 4.05. The molecule has 0 aliphatic carbocycles. The minimum Gasteiger partial charge on any atom is -0.394 e. The van der Waals surface area contributed by atoms with Crippen LogP contribution in [-0.2, 0) is 4.79 Å². The first-order valence-corrected chi connectivity index (χ1v) is 15.5. The predicted octanol–water partition coefficient (Wildman–Crippen LogP) is 7.47. The van der Waals surface area contributed by atoms with Gasteiger partial charge in [0.25, 0.3) is 0 Å². The summed E-state index contributed by atoms with van der Waals surface area (Å²) in [7, 11) is 0. The van der Waals surface area contributed by atoms with Crippen LogP contribution in [0.5, 0.6) is 0 Å². The van der Waals surface area contributed by atoms with Gasteiger partial charge in [-0.05, 0) is 64.2 Å². The van der Waals surface area contributed by atoms with Gasteiger partial charge in [-0.3, -0.25) is 4.79 Å². The molecular weight excluding hydrogens is 474 g/mol. The Balaban J connectivity index is 3.97. The maximum absolute atomic E-state index is 12.3. The summed E-state index contributed by atoms with van der Waals surface area (Å²) in [5.41, 5.74) is 0. The summed E-state index contributed by atoms with van der Waals surface area (Å²) in [6, 6.07) is -0.826. The molecule has 38 heavy (non-hydrogen) atoms. The Kier molecular flexibility index (Phi) is 27.1. The van der Waals surface area contributed by atoms with Gasteiger partial charge < -0.3 is 20.6 Å². The number of amides is 1. The summed E-state index contributed by atoms with van der Waals surface area (Å²) < 4.78 is 0. The van der Waals surface area contributed by atoms with Gasteiger partial charge in [-0.2, -0.15) is 0 Å². The van der Waals surface area contributed by atoms with E-state index in [1.807, 2.05) is 6.08 Å². The van der Waals surface area contributed by atoms with E-state index in [0.29, 0.717) is 6.42 Å². The number of nitrogens with one attached hydrogen (secondary N) is 1. The molecule has 220 valence electrons. The van der Waals surface area contributed by atoms with Crippen molar-refractivity contribution in [2.24, 2.45) is 0 Å². The molecule has 5 nitrogen and oxygen atoms in total. The Morgan fingerprint density at radius 2 is 1.11 bits per heavy atom. The van der Waals surface area contributed by atoms with Crippen LogP contribution >= 0.6 is 0 Å². The zero-order valence-electron chi connectivity index (χ0n) is 24.5. The molecule has 0 spiro atoms. The van der Waals surface area contributed by atoms with E-state index in [0.717, 1.165) is 51.4 Å². The molecule has 0 saturated carbocycles. The smallest absolute Gasteiger partial charge is 0.249 e. The van der Waals surface area contributed by atoms with Crippen molar-refractivity contribution in [3.63, 3.8) is 0 Å². The second kappa shape index (κ2) is 28.3. The number of rotatable bonds is 26. The van der Waals surface area contributed by atoms with Gasteiger partial charge in [-0.1, -0.05) is 114 Å². The summed E-state index contributed by atoms with van der Waals surface area (Å²) in [5.74, 6) is -0.540. The first-order valence-electron chi connectivity index (χ1n) is 15.5. The Bertz CT molecular complexity index is 641. The molecule has 0 rings (SSSR count). The summed E-state index contributed by atoms with van der Waals surface area (Å²) in [6.07, 6.45) is 34.0. The van der Waals surface area contributed by atoms with Gasteiger partial charge in [-0.15, -0.1) is 0 Å². The molecule has 0 aromatic rings. The zero-order valence-corrected chi connectivity index (χ0v) is 24.5. The standard InChI is InChI=1S/C33H59NO4/c1-3-5-7-9-11-13-15-17-19-21-23-25-27-31(36)30(29-35)34-33(38)32(37)28-26-24-22-20-18-16-14-12-10-8-6-4-2/h9,11,17-20,25,27,30-32,35-37H,3-8,10,12-16,21-24,26,28-29H2,1-2H3,(H,34,38)/b11-9+,19-17+,20-18-,27-25+. The highest BCUT2D eigenvalue weighted by Crippen LogP contribution is 2.09. The number of allylic oxidation sites excluding steroid dienone is 7. The van der Waals surface area contributed by atoms with Crippen molar-refractivity contribution in [3.05, 3.63) is 48.6 Å². The molecule has 0 radical (unpaired) electrons. The number of aliphatic hydroxyl groups excluding tert-OH is 3. The van der Waals surface area contributed by atoms with Crippen LogP contribution in [0, 0.1) is 0 Å². The first kappa shape index (κ1) is 36.3. The van der Waals surface area contributed by atoms with Crippen molar-refractivity contribution in [1.82, 2.24) is 5.32 Å². The molecule has 0 fully saturated rings. The van der Waals surface area contributed by atoms with Crippen LogP contribution in [0.25, 0.3) is 0 Å². The quantitative estimate of drug-likeness (QED) is 0.0686. The Hall–Kier alpha value is -1.69. The lowest BCUT2D eigenvalue weighted by molar-refractivity contribution is -0.131. The van der Waals surface area contributed by atoms with Gasteiger partial charge in [0.05, 0.1) is 18.8 Å². The van der Waals surface area contributed by atoms with E-state index in [-0.39, 0.29) is 6.61 Å². The van der Waals surface area contributed by atoms with Crippen LogP contribution in [0.2, 0.25) is 0 Å². The van der Waals surface area contributed by atoms with E-state index >= 15 is 0 Å². The minimum atomic E-state index is -1.13. The highest BCUT2D eigenvalue weighted by molar-refractivity contribution is 5.80. The highest BCUT2D eigenvalue weighted by Gasteiger charge is 2.22. The van der Waals surface area contributed by atoms with E-state index < -0.39 is 24.2 Å². The molecular formula is C33H59NO4. The molecule has 0 heterocycles. The Morgan fingerprint density at radius 1 is 0.632 bits per heavy atom. The van der Waals surface area contributed by atoms with Gasteiger partial charge in [0.2, 0.25) is 5.91 Å². The Labute approximate surface area is 234 Å². The lowest BCUT2D eigenvalue weighted by Gasteiger charge is -2.21. The number of aliphatic hydroxyl groups is 3. The topological polar surface area (TPSA) is 89.8 Å². The van der Waals surface area contributed by atoms with E-state index in [1.54, 1.807) is 6.08 Å². The van der Waals surface area contributed by atoms with Gasteiger partial charge in [0, 0.05) is 0 Å². The van der Waals surface area contributed by atoms with Crippen molar-refractivity contribution in [2.75, 3.05) is 6.61 Å². The molecule has 0 aromatic carbocycles. The van der Waals surface area contributed by atoms with Gasteiger partial charge in [0.15, 0.2) is 0 Å². The molecule has 3 unspecified atom stereocenters. The van der Waals surface area contributed by atoms with Crippen molar-refractivity contribution in [3.8, 4) is 0 Å². The predicted molar refractivity (Wildman–Crippen MR) is 162 cm³/mol. The molecule has 4 N–H and O–H groups in total. The Morgan fingerprint density at radius 3 is 1.68 bits per heavy atom. The third-order valence-electron chi connectivity index (χ3n) is 6.62. The lowest BCUT2D eigenvalue weighted by atomic mass is 10.1. The molecule has 3 atom stereocenters. The van der Waals surface area contributed by atoms with Crippen molar-refractivity contribution >= 4 is 5.91 Å². The normalized spacial score (nSPS) is 14.8. The fraction of sp³-hybridized carbons (Fsp3) is 0.727. The van der Waals surface area contributed by atoms with Crippen LogP contribution in [0.3, 0.4) is 0 Å². The van der Waals surface area contributed by atoms with Gasteiger partial charge in [0.1, 0.15) is 6.10 Å². The van der Waals surface area contributed by atoms with Crippen LogP contribution in [-0.4, -0.2) is 46.1 Å². The zero-order chi connectivity index (χ0) is 28.1. The fourth-order valence-corrected chi connectivity index (χ4v) is 4.08. The second-order valence-electron chi connectivity index (χ2n) is 10.3. The second-order valence-corrected chi connectivity index (χ2v) is 10.3. The SMILES string of the molecule is CCCC/C=C/CC/C=C/CC/C=C/C(O)C(CO)NC(=O)C(O)CCCC/C=C\CCCCCCCC. The van der Waals surface area contributed by atoms with Crippen LogP contribution in [0.1, 0.15) is 129 Å². The van der Waals surface area contributed by atoms with E-state index in [1.165, 1.54) is 57.8 Å². The largest absolute Gasteiger partial charge is 0.394 e. The maximum Gasteiger partial charge on any atom is 0.249 e. The van der Waals surface area contributed by atoms with Crippen LogP contribution in [0.4, 0.5) is 0 Å². The highest BCUT2D eigenvalue weighted by atomic mass is 16.3. The van der Waals surface area contributed by atoms with Gasteiger partial charge in [-0.25, -0.2) is 0 Å². The molecule has 0 aliphatic rings. The van der Waals surface area contributed by atoms with E-state index in [9.17, 15) is 20.1 Å². The number of hydrogen-bond donors (Lipinski definition) is 4.